The Morgan fingerprint density at radius 3 is 2.38 bits per heavy atom. The van der Waals surface area contributed by atoms with Crippen molar-refractivity contribution in [3.63, 3.8) is 0 Å². The van der Waals surface area contributed by atoms with E-state index in [9.17, 15) is 13.2 Å². The molecule has 3 aromatic rings. The predicted molar refractivity (Wildman–Crippen MR) is 94.6 cm³/mol. The van der Waals surface area contributed by atoms with Crippen molar-refractivity contribution in [2.24, 2.45) is 0 Å². The van der Waals surface area contributed by atoms with Gasteiger partial charge in [0.2, 0.25) is 0 Å². The van der Waals surface area contributed by atoms with Crippen molar-refractivity contribution >= 4 is 11.3 Å². The summed E-state index contributed by atoms with van der Waals surface area (Å²) in [7, 11) is 1.59. The van der Waals surface area contributed by atoms with E-state index in [0.717, 1.165) is 22.7 Å². The molecule has 0 aliphatic heterocycles. The first-order valence-electron chi connectivity index (χ1n) is 7.77. The molecule has 3 nitrogen and oxygen atoms in total. The molecule has 0 saturated carbocycles. The summed E-state index contributed by atoms with van der Waals surface area (Å²) in [4.78, 5) is 5.37. The highest BCUT2D eigenvalue weighted by molar-refractivity contribution is 7.15. The third kappa shape index (κ3) is 4.16. The van der Waals surface area contributed by atoms with Crippen molar-refractivity contribution in [2.75, 3.05) is 7.11 Å². The van der Waals surface area contributed by atoms with E-state index < -0.39 is 11.7 Å². The average molecular weight is 379 g/mol. The maximum atomic E-state index is 12.7. The minimum atomic E-state index is -4.34. The van der Waals surface area contributed by atoms with Crippen LogP contribution in [0.15, 0.2) is 48.5 Å². The van der Waals surface area contributed by atoms with Crippen LogP contribution in [-0.4, -0.2) is 12.1 Å². The van der Waals surface area contributed by atoms with Crippen LogP contribution in [0.4, 0.5) is 13.2 Å². The van der Waals surface area contributed by atoms with Crippen molar-refractivity contribution < 1.29 is 22.6 Å². The van der Waals surface area contributed by atoms with Gasteiger partial charge in [0, 0.05) is 11.6 Å². The lowest BCUT2D eigenvalue weighted by molar-refractivity contribution is -0.137. The van der Waals surface area contributed by atoms with Crippen LogP contribution in [0.5, 0.6) is 11.5 Å². The number of hydrogen-bond donors (Lipinski definition) is 0. The predicted octanol–water partition coefficient (Wildman–Crippen LogP) is 5.72. The van der Waals surface area contributed by atoms with Crippen molar-refractivity contribution in [1.82, 2.24) is 4.98 Å². The van der Waals surface area contributed by atoms with E-state index in [4.69, 9.17) is 9.47 Å². The molecular formula is C19H16F3NO2S. The standard InChI is InChI=1S/C19H16F3NO2S/c1-12-17(11-25-16-5-3-4-15(10-16)24-2)26-18(23-12)13-6-8-14(9-7-13)19(20,21)22/h3-10H,11H2,1-2H3. The van der Waals surface area contributed by atoms with Gasteiger partial charge in [0.15, 0.2) is 0 Å². The Labute approximate surface area is 153 Å². The molecule has 1 aromatic heterocycles. The summed E-state index contributed by atoms with van der Waals surface area (Å²) in [5.74, 6) is 1.38. The Bertz CT molecular complexity index is 889. The van der Waals surface area contributed by atoms with Gasteiger partial charge in [0.1, 0.15) is 23.1 Å². The number of rotatable bonds is 5. The largest absolute Gasteiger partial charge is 0.497 e. The summed E-state index contributed by atoms with van der Waals surface area (Å²) in [5.41, 5.74) is 0.780. The number of hydrogen-bond acceptors (Lipinski definition) is 4. The maximum Gasteiger partial charge on any atom is 0.416 e. The zero-order valence-electron chi connectivity index (χ0n) is 14.1. The third-order valence-corrected chi connectivity index (χ3v) is 4.94. The molecule has 3 rings (SSSR count). The molecule has 0 unspecified atom stereocenters. The Morgan fingerprint density at radius 1 is 1.04 bits per heavy atom. The van der Waals surface area contributed by atoms with E-state index >= 15 is 0 Å². The van der Waals surface area contributed by atoms with E-state index in [1.165, 1.54) is 23.5 Å². The van der Waals surface area contributed by atoms with Crippen molar-refractivity contribution in [3.05, 3.63) is 64.7 Å². The summed E-state index contributed by atoms with van der Waals surface area (Å²) in [6.45, 7) is 2.19. The van der Waals surface area contributed by atoms with Gasteiger partial charge >= 0.3 is 6.18 Å². The van der Waals surface area contributed by atoms with Gasteiger partial charge in [0.25, 0.3) is 0 Å². The molecule has 0 amide bonds. The minimum Gasteiger partial charge on any atom is -0.497 e. The fourth-order valence-corrected chi connectivity index (χ4v) is 3.31. The molecule has 136 valence electrons. The zero-order valence-corrected chi connectivity index (χ0v) is 14.9. The molecular weight excluding hydrogens is 363 g/mol. The molecule has 0 fully saturated rings. The molecule has 2 aromatic carbocycles. The Morgan fingerprint density at radius 2 is 1.73 bits per heavy atom. The van der Waals surface area contributed by atoms with Crippen LogP contribution in [-0.2, 0) is 12.8 Å². The van der Waals surface area contributed by atoms with Gasteiger partial charge in [-0.05, 0) is 31.2 Å². The summed E-state index contributed by atoms with van der Waals surface area (Å²) in [6.07, 6.45) is -4.34. The molecule has 7 heteroatoms. The van der Waals surface area contributed by atoms with Crippen LogP contribution in [0.2, 0.25) is 0 Å². The van der Waals surface area contributed by atoms with Crippen LogP contribution in [0.3, 0.4) is 0 Å². The number of halogens is 3. The molecule has 0 radical (unpaired) electrons. The first-order chi connectivity index (χ1) is 12.4. The fraction of sp³-hybridized carbons (Fsp3) is 0.211. The van der Waals surface area contributed by atoms with E-state index in [1.807, 2.05) is 25.1 Å². The summed E-state index contributed by atoms with van der Waals surface area (Å²) >= 11 is 1.41. The second-order valence-corrected chi connectivity index (χ2v) is 6.65. The maximum absolute atomic E-state index is 12.7. The third-order valence-electron chi connectivity index (χ3n) is 3.76. The van der Waals surface area contributed by atoms with Crippen molar-refractivity contribution in [3.8, 4) is 22.1 Å². The molecule has 0 atom stereocenters. The number of aromatic nitrogens is 1. The van der Waals surface area contributed by atoms with Crippen LogP contribution in [0.1, 0.15) is 16.1 Å². The summed E-state index contributed by atoms with van der Waals surface area (Å²) in [6, 6.07) is 12.3. The SMILES string of the molecule is COc1cccc(OCc2sc(-c3ccc(C(F)(F)F)cc3)nc2C)c1. The van der Waals surface area contributed by atoms with Crippen LogP contribution in [0.25, 0.3) is 10.6 Å². The van der Waals surface area contributed by atoms with Gasteiger partial charge in [-0.1, -0.05) is 18.2 Å². The van der Waals surface area contributed by atoms with Gasteiger partial charge in [-0.15, -0.1) is 11.3 Å². The molecule has 0 bridgehead atoms. The Hall–Kier alpha value is -2.54. The number of ether oxygens (including phenoxy) is 2. The van der Waals surface area contributed by atoms with E-state index in [0.29, 0.717) is 28.7 Å². The van der Waals surface area contributed by atoms with Crippen molar-refractivity contribution in [1.29, 1.82) is 0 Å². The summed E-state index contributed by atoms with van der Waals surface area (Å²) in [5, 5.41) is 0.667. The smallest absolute Gasteiger partial charge is 0.416 e. The van der Waals surface area contributed by atoms with Gasteiger partial charge in [-0.3, -0.25) is 0 Å². The van der Waals surface area contributed by atoms with Crippen LogP contribution < -0.4 is 9.47 Å². The topological polar surface area (TPSA) is 31.4 Å². The van der Waals surface area contributed by atoms with E-state index in [-0.39, 0.29) is 0 Å². The first-order valence-corrected chi connectivity index (χ1v) is 8.59. The van der Waals surface area contributed by atoms with E-state index in [2.05, 4.69) is 4.98 Å². The van der Waals surface area contributed by atoms with Gasteiger partial charge in [0.05, 0.1) is 23.2 Å². The minimum absolute atomic E-state index is 0.331. The molecule has 0 aliphatic rings. The number of thiazole rings is 1. The quantitative estimate of drug-likeness (QED) is 0.568. The summed E-state index contributed by atoms with van der Waals surface area (Å²) < 4.78 is 48.9. The highest BCUT2D eigenvalue weighted by atomic mass is 32.1. The molecule has 0 spiro atoms. The molecule has 1 heterocycles. The highest BCUT2D eigenvalue weighted by Crippen LogP contribution is 2.33. The first kappa shape index (κ1) is 18.3. The molecule has 26 heavy (non-hydrogen) atoms. The normalized spacial score (nSPS) is 11.4. The Kier molecular flexibility index (Phi) is 5.18. The number of methoxy groups -OCH3 is 1. The zero-order chi connectivity index (χ0) is 18.7. The van der Waals surface area contributed by atoms with Crippen LogP contribution in [0, 0.1) is 6.92 Å². The lowest BCUT2D eigenvalue weighted by Crippen LogP contribution is -2.03. The molecule has 0 saturated heterocycles. The van der Waals surface area contributed by atoms with Crippen LogP contribution >= 0.6 is 11.3 Å². The van der Waals surface area contributed by atoms with Gasteiger partial charge in [-0.2, -0.15) is 13.2 Å². The number of benzene rings is 2. The highest BCUT2D eigenvalue weighted by Gasteiger charge is 2.30. The molecule has 0 N–H and O–H groups in total. The lowest BCUT2D eigenvalue weighted by Gasteiger charge is -2.07. The second kappa shape index (κ2) is 7.37. The van der Waals surface area contributed by atoms with E-state index in [1.54, 1.807) is 13.2 Å². The fourth-order valence-electron chi connectivity index (χ4n) is 2.33. The van der Waals surface area contributed by atoms with Gasteiger partial charge in [-0.25, -0.2) is 4.98 Å². The van der Waals surface area contributed by atoms with Gasteiger partial charge < -0.3 is 9.47 Å². The number of nitrogens with zero attached hydrogens (tertiary/aromatic N) is 1. The second-order valence-electron chi connectivity index (χ2n) is 5.57. The molecule has 0 aliphatic carbocycles. The number of alkyl halides is 3. The monoisotopic (exact) mass is 379 g/mol. The Balaban J connectivity index is 1.74. The average Bonchev–Trinajstić information content (AvgIpc) is 3.00. The van der Waals surface area contributed by atoms with Crippen molar-refractivity contribution in [2.45, 2.75) is 19.7 Å². The lowest BCUT2D eigenvalue weighted by atomic mass is 10.1. The number of aryl methyl sites for hydroxylation is 1.